The molecule has 0 saturated carbocycles. The molecule has 1 aliphatic carbocycles. The fourth-order valence-corrected chi connectivity index (χ4v) is 2.11. The van der Waals surface area contributed by atoms with Gasteiger partial charge in [0.25, 0.3) is 0 Å². The molecule has 2 nitrogen and oxygen atoms in total. The second-order valence-electron chi connectivity index (χ2n) is 4.20. The van der Waals surface area contributed by atoms with Crippen molar-refractivity contribution in [3.05, 3.63) is 65.2 Å². The topological polar surface area (TPSA) is 26.3 Å². The van der Waals surface area contributed by atoms with Crippen LogP contribution in [-0.4, -0.2) is 6.29 Å². The molecule has 1 aliphatic rings. The number of benzene rings is 2. The molecule has 0 spiro atoms. The molecule has 2 heteroatoms. The lowest BCUT2D eigenvalue weighted by atomic mass is 9.85. The maximum atomic E-state index is 10.5. The molecule has 3 rings (SSSR count). The maximum absolute atomic E-state index is 10.5. The number of hydrogen-bond acceptors (Lipinski definition) is 2. The summed E-state index contributed by atoms with van der Waals surface area (Å²) in [7, 11) is 0. The minimum Gasteiger partial charge on any atom is -0.485 e. The van der Waals surface area contributed by atoms with Crippen LogP contribution in [0.15, 0.2) is 48.5 Å². The Morgan fingerprint density at radius 2 is 1.82 bits per heavy atom. The zero-order chi connectivity index (χ0) is 11.7. The summed E-state index contributed by atoms with van der Waals surface area (Å²) in [6.45, 7) is 0. The van der Waals surface area contributed by atoms with Crippen LogP contribution in [-0.2, 0) is 6.42 Å². The lowest BCUT2D eigenvalue weighted by Crippen LogP contribution is -2.22. The van der Waals surface area contributed by atoms with Crippen molar-refractivity contribution in [1.29, 1.82) is 0 Å². The first-order chi connectivity index (χ1) is 8.36. The zero-order valence-corrected chi connectivity index (χ0v) is 9.30. The number of ether oxygens (including phenoxy) is 1. The van der Waals surface area contributed by atoms with Crippen LogP contribution in [0, 0.1) is 0 Å². The average molecular weight is 224 g/mol. The van der Waals surface area contributed by atoms with Gasteiger partial charge in [0.2, 0.25) is 0 Å². The minimum absolute atomic E-state index is 0.160. The molecular weight excluding hydrogens is 212 g/mol. The summed E-state index contributed by atoms with van der Waals surface area (Å²) in [5.74, 6) is 0.815. The van der Waals surface area contributed by atoms with Crippen LogP contribution >= 0.6 is 0 Å². The number of aldehydes is 1. The quantitative estimate of drug-likeness (QED) is 0.748. The summed E-state index contributed by atoms with van der Waals surface area (Å²) in [6.07, 6.45) is 1.96. The van der Waals surface area contributed by atoms with Gasteiger partial charge in [-0.15, -0.1) is 0 Å². The summed E-state index contributed by atoms with van der Waals surface area (Å²) in [6, 6.07) is 15.5. The van der Waals surface area contributed by atoms with E-state index in [-0.39, 0.29) is 6.10 Å². The van der Waals surface area contributed by atoms with Gasteiger partial charge < -0.3 is 4.74 Å². The first kappa shape index (κ1) is 10.1. The van der Waals surface area contributed by atoms with Gasteiger partial charge >= 0.3 is 0 Å². The van der Waals surface area contributed by atoms with Crippen LogP contribution in [0.2, 0.25) is 0 Å². The van der Waals surface area contributed by atoms with E-state index in [1.807, 2.05) is 24.3 Å². The van der Waals surface area contributed by atoms with Gasteiger partial charge in [0.1, 0.15) is 18.1 Å². The normalized spacial score (nSPS) is 16.8. The highest BCUT2D eigenvalue weighted by Crippen LogP contribution is 2.36. The first-order valence-corrected chi connectivity index (χ1v) is 5.66. The summed E-state index contributed by atoms with van der Waals surface area (Å²) in [5, 5.41) is 0. The Morgan fingerprint density at radius 1 is 1.06 bits per heavy atom. The Bertz CT molecular complexity index is 543. The molecule has 1 atom stereocenters. The highest BCUT2D eigenvalue weighted by atomic mass is 16.5. The molecule has 0 bridgehead atoms. The average Bonchev–Trinajstić information content (AvgIpc) is 2.37. The Hall–Kier alpha value is -2.09. The number of carbonyl (C=O) groups is 1. The third-order valence-electron chi connectivity index (χ3n) is 3.10. The van der Waals surface area contributed by atoms with Crippen LogP contribution in [0.5, 0.6) is 5.75 Å². The molecular formula is C15H12O2. The predicted molar refractivity (Wildman–Crippen MR) is 65.3 cm³/mol. The van der Waals surface area contributed by atoms with E-state index < -0.39 is 0 Å². The maximum Gasteiger partial charge on any atom is 0.150 e. The largest absolute Gasteiger partial charge is 0.485 e. The third kappa shape index (κ3) is 1.82. The van der Waals surface area contributed by atoms with E-state index >= 15 is 0 Å². The van der Waals surface area contributed by atoms with Crippen molar-refractivity contribution in [3.8, 4) is 5.75 Å². The molecule has 0 aromatic heterocycles. The van der Waals surface area contributed by atoms with Gasteiger partial charge in [-0.2, -0.15) is 0 Å². The van der Waals surface area contributed by atoms with E-state index in [4.69, 9.17) is 4.74 Å². The molecule has 17 heavy (non-hydrogen) atoms. The van der Waals surface area contributed by atoms with Gasteiger partial charge in [-0.1, -0.05) is 24.3 Å². The summed E-state index contributed by atoms with van der Waals surface area (Å²) in [4.78, 5) is 10.5. The van der Waals surface area contributed by atoms with Crippen LogP contribution in [0.25, 0.3) is 0 Å². The first-order valence-electron chi connectivity index (χ1n) is 5.66. The fourth-order valence-electron chi connectivity index (χ4n) is 2.11. The van der Waals surface area contributed by atoms with Crippen LogP contribution in [0.4, 0.5) is 0 Å². The van der Waals surface area contributed by atoms with E-state index in [1.165, 1.54) is 11.1 Å². The molecule has 0 saturated heterocycles. The molecule has 2 aromatic rings. The molecule has 0 heterocycles. The van der Waals surface area contributed by atoms with Crippen molar-refractivity contribution in [3.63, 3.8) is 0 Å². The second-order valence-corrected chi connectivity index (χ2v) is 4.20. The Labute approximate surface area is 99.9 Å². The van der Waals surface area contributed by atoms with Crippen LogP contribution < -0.4 is 4.74 Å². The van der Waals surface area contributed by atoms with Gasteiger partial charge in [-0.3, -0.25) is 4.79 Å². The van der Waals surface area contributed by atoms with Crippen LogP contribution in [0.1, 0.15) is 27.6 Å². The van der Waals surface area contributed by atoms with Gasteiger partial charge in [-0.25, -0.2) is 0 Å². The number of rotatable bonds is 3. The van der Waals surface area contributed by atoms with Crippen molar-refractivity contribution in [2.45, 2.75) is 12.5 Å². The third-order valence-corrected chi connectivity index (χ3v) is 3.10. The molecule has 2 aromatic carbocycles. The molecule has 0 radical (unpaired) electrons. The SMILES string of the molecule is O=Cc1ccc(OC2Cc3ccccc32)cc1. The van der Waals surface area contributed by atoms with Crippen molar-refractivity contribution in [1.82, 2.24) is 0 Å². The lowest BCUT2D eigenvalue weighted by molar-refractivity contribution is 0.112. The summed E-state index contributed by atoms with van der Waals surface area (Å²) >= 11 is 0. The van der Waals surface area contributed by atoms with Crippen molar-refractivity contribution in [2.24, 2.45) is 0 Å². The smallest absolute Gasteiger partial charge is 0.150 e. The Kier molecular flexibility index (Phi) is 2.41. The van der Waals surface area contributed by atoms with Crippen molar-refractivity contribution >= 4 is 6.29 Å². The number of fused-ring (bicyclic) bond motifs is 1. The lowest BCUT2D eigenvalue weighted by Gasteiger charge is -2.30. The Balaban J connectivity index is 1.75. The molecule has 0 aliphatic heterocycles. The molecule has 0 fully saturated rings. The van der Waals surface area contributed by atoms with Gasteiger partial charge in [0.15, 0.2) is 0 Å². The van der Waals surface area contributed by atoms with E-state index in [0.717, 1.165) is 18.5 Å². The van der Waals surface area contributed by atoms with Crippen molar-refractivity contribution in [2.75, 3.05) is 0 Å². The minimum atomic E-state index is 0.160. The zero-order valence-electron chi connectivity index (χ0n) is 9.30. The van der Waals surface area contributed by atoms with Crippen molar-refractivity contribution < 1.29 is 9.53 Å². The Morgan fingerprint density at radius 3 is 2.53 bits per heavy atom. The number of carbonyl (C=O) groups excluding carboxylic acids is 1. The van der Waals surface area contributed by atoms with Gasteiger partial charge in [0.05, 0.1) is 0 Å². The molecule has 0 amide bonds. The molecule has 84 valence electrons. The standard InChI is InChI=1S/C15H12O2/c16-10-11-5-7-13(8-6-11)17-15-9-12-3-1-2-4-14(12)15/h1-8,10,15H,9H2. The van der Waals surface area contributed by atoms with E-state index in [9.17, 15) is 4.79 Å². The molecule has 0 N–H and O–H groups in total. The highest BCUT2D eigenvalue weighted by Gasteiger charge is 2.26. The van der Waals surface area contributed by atoms with Gasteiger partial charge in [0, 0.05) is 12.0 Å². The molecule has 1 unspecified atom stereocenters. The van der Waals surface area contributed by atoms with E-state index in [1.54, 1.807) is 12.1 Å². The second kappa shape index (κ2) is 4.06. The number of hydrogen-bond donors (Lipinski definition) is 0. The highest BCUT2D eigenvalue weighted by molar-refractivity contribution is 5.74. The fraction of sp³-hybridized carbons (Fsp3) is 0.133. The van der Waals surface area contributed by atoms with E-state index in [2.05, 4.69) is 12.1 Å². The summed E-state index contributed by atoms with van der Waals surface area (Å²) in [5.41, 5.74) is 3.31. The van der Waals surface area contributed by atoms with E-state index in [0.29, 0.717) is 5.56 Å². The summed E-state index contributed by atoms with van der Waals surface area (Å²) < 4.78 is 5.86. The monoisotopic (exact) mass is 224 g/mol. The predicted octanol–water partition coefficient (Wildman–Crippen LogP) is 3.18. The van der Waals surface area contributed by atoms with Crippen LogP contribution in [0.3, 0.4) is 0 Å². The van der Waals surface area contributed by atoms with Gasteiger partial charge in [-0.05, 0) is 35.4 Å².